The Hall–Kier alpha value is -2.37. The second-order valence-corrected chi connectivity index (χ2v) is 6.77. The quantitative estimate of drug-likeness (QED) is 0.916. The molecule has 1 saturated carbocycles. The molecule has 6 heteroatoms. The molecule has 2 unspecified atom stereocenters. The number of carbonyl (C=O) groups excluding carboxylic acids is 1. The Morgan fingerprint density at radius 3 is 2.45 bits per heavy atom. The number of aromatic nitrogens is 2. The van der Waals surface area contributed by atoms with Crippen LogP contribution in [0.3, 0.4) is 0 Å². The van der Waals surface area contributed by atoms with E-state index >= 15 is 0 Å². The average Bonchev–Trinajstić information content (AvgIpc) is 2.96. The van der Waals surface area contributed by atoms with Crippen LogP contribution in [0.15, 0.2) is 33.6 Å². The molecule has 2 heterocycles. The van der Waals surface area contributed by atoms with Gasteiger partial charge in [-0.15, -0.1) is 0 Å². The number of amides is 1. The smallest absolute Gasteiger partial charge is 0.338 e. The van der Waals surface area contributed by atoms with Crippen molar-refractivity contribution in [3.63, 3.8) is 0 Å². The minimum atomic E-state index is -0.589. The summed E-state index contributed by atoms with van der Waals surface area (Å²) in [4.78, 5) is 27.9. The second kappa shape index (κ2) is 4.32. The zero-order valence-electron chi connectivity index (χ0n) is 12.5. The van der Waals surface area contributed by atoms with Crippen molar-refractivity contribution in [3.05, 3.63) is 40.4 Å². The molecular formula is C16H17N3O3. The maximum atomic E-state index is 12.5. The number of piperidine rings is 1. The number of hydrogen-bond donors (Lipinski definition) is 1. The fourth-order valence-electron chi connectivity index (χ4n) is 3.61. The van der Waals surface area contributed by atoms with Crippen LogP contribution in [-0.4, -0.2) is 34.0 Å². The van der Waals surface area contributed by atoms with E-state index in [1.54, 1.807) is 24.3 Å². The van der Waals surface area contributed by atoms with E-state index < -0.39 is 5.76 Å². The summed E-state index contributed by atoms with van der Waals surface area (Å²) >= 11 is 0. The molecule has 22 heavy (non-hydrogen) atoms. The van der Waals surface area contributed by atoms with Gasteiger partial charge in [-0.25, -0.2) is 4.79 Å². The van der Waals surface area contributed by atoms with E-state index in [0.29, 0.717) is 34.2 Å². The number of benzene rings is 1. The number of nitrogens with one attached hydrogen (secondary N) is 1. The van der Waals surface area contributed by atoms with Crippen LogP contribution < -0.4 is 5.76 Å². The number of nitrogens with zero attached hydrogens (tertiary/aromatic N) is 2. The van der Waals surface area contributed by atoms with Gasteiger partial charge >= 0.3 is 5.76 Å². The van der Waals surface area contributed by atoms with Crippen LogP contribution in [0.4, 0.5) is 0 Å². The topological polar surface area (TPSA) is 79.2 Å². The van der Waals surface area contributed by atoms with E-state index in [-0.39, 0.29) is 5.91 Å². The van der Waals surface area contributed by atoms with Crippen molar-refractivity contribution in [2.24, 2.45) is 17.3 Å². The molecule has 1 N–H and O–H groups in total. The third-order valence-electron chi connectivity index (χ3n) is 5.25. The van der Waals surface area contributed by atoms with Gasteiger partial charge in [0.25, 0.3) is 5.91 Å². The summed E-state index contributed by atoms with van der Waals surface area (Å²) < 4.78 is 4.48. The zero-order valence-corrected chi connectivity index (χ0v) is 12.5. The van der Waals surface area contributed by atoms with Crippen LogP contribution in [-0.2, 0) is 0 Å². The van der Waals surface area contributed by atoms with Crippen molar-refractivity contribution in [1.29, 1.82) is 0 Å². The van der Waals surface area contributed by atoms with Gasteiger partial charge in [-0.3, -0.25) is 14.3 Å². The number of likely N-dealkylation sites (tertiary alicyclic amines) is 1. The van der Waals surface area contributed by atoms with Crippen molar-refractivity contribution < 1.29 is 9.32 Å². The van der Waals surface area contributed by atoms with Crippen molar-refractivity contribution in [2.45, 2.75) is 13.8 Å². The predicted molar refractivity (Wildman–Crippen MR) is 79.2 cm³/mol. The van der Waals surface area contributed by atoms with Crippen LogP contribution in [0.5, 0.6) is 0 Å². The number of hydrogen-bond acceptors (Lipinski definition) is 4. The lowest BCUT2D eigenvalue weighted by atomic mass is 10.1. The first-order valence-corrected chi connectivity index (χ1v) is 7.42. The number of H-pyrrole nitrogens is 1. The number of rotatable bonds is 2. The van der Waals surface area contributed by atoms with Gasteiger partial charge in [0, 0.05) is 24.2 Å². The molecule has 2 aromatic rings. The molecule has 2 fully saturated rings. The van der Waals surface area contributed by atoms with Crippen molar-refractivity contribution >= 4 is 5.91 Å². The molecule has 2 aliphatic rings. The van der Waals surface area contributed by atoms with Crippen LogP contribution >= 0.6 is 0 Å². The molecule has 4 rings (SSSR count). The molecule has 0 spiro atoms. The van der Waals surface area contributed by atoms with E-state index in [9.17, 15) is 9.59 Å². The first kappa shape index (κ1) is 13.3. The van der Waals surface area contributed by atoms with E-state index in [0.717, 1.165) is 13.1 Å². The monoisotopic (exact) mass is 299 g/mol. The lowest BCUT2D eigenvalue weighted by Crippen LogP contribution is -2.32. The van der Waals surface area contributed by atoms with Crippen molar-refractivity contribution in [2.75, 3.05) is 13.1 Å². The summed E-state index contributed by atoms with van der Waals surface area (Å²) in [5.74, 6) is 1.15. The molecule has 1 aromatic heterocycles. The third kappa shape index (κ3) is 1.90. The summed E-state index contributed by atoms with van der Waals surface area (Å²) in [6, 6.07) is 7.06. The molecule has 1 aromatic carbocycles. The molecule has 1 saturated heterocycles. The Balaban J connectivity index is 1.50. The molecule has 0 bridgehead atoms. The van der Waals surface area contributed by atoms with Gasteiger partial charge in [-0.2, -0.15) is 0 Å². The summed E-state index contributed by atoms with van der Waals surface area (Å²) in [5.41, 5.74) is 1.78. The third-order valence-corrected chi connectivity index (χ3v) is 5.25. The number of aromatic amines is 1. The highest BCUT2D eigenvalue weighted by molar-refractivity contribution is 5.95. The zero-order chi connectivity index (χ0) is 15.5. The van der Waals surface area contributed by atoms with Crippen LogP contribution in [0, 0.1) is 17.3 Å². The summed E-state index contributed by atoms with van der Waals surface area (Å²) in [6.07, 6.45) is 0. The lowest BCUT2D eigenvalue weighted by Gasteiger charge is -2.22. The standard InChI is InChI=1S/C16H17N3O3/c1-16(2)11-7-19(8-12(11)16)14(20)10-5-3-9(4-6-10)13-17-15(21)22-18-13/h3-6,11-12H,7-8H2,1-2H3,(H,17,18,21). The van der Waals surface area contributed by atoms with Crippen molar-refractivity contribution in [1.82, 2.24) is 15.0 Å². The summed E-state index contributed by atoms with van der Waals surface area (Å²) in [5, 5.41) is 3.63. The van der Waals surface area contributed by atoms with Gasteiger partial charge in [0.2, 0.25) is 0 Å². The van der Waals surface area contributed by atoms with Crippen LogP contribution in [0.1, 0.15) is 24.2 Å². The van der Waals surface area contributed by atoms with E-state index in [2.05, 4.69) is 28.5 Å². The van der Waals surface area contributed by atoms with Crippen molar-refractivity contribution in [3.8, 4) is 11.4 Å². The maximum absolute atomic E-state index is 12.5. The molecular weight excluding hydrogens is 282 g/mol. The van der Waals surface area contributed by atoms with E-state index in [1.165, 1.54) is 0 Å². The Labute approximate surface area is 127 Å². The predicted octanol–water partition coefficient (Wildman–Crippen LogP) is 1.76. The highest BCUT2D eigenvalue weighted by Crippen LogP contribution is 2.62. The molecule has 114 valence electrons. The SMILES string of the molecule is CC1(C)C2CN(C(=O)c3ccc(-c4noc(=O)[nH]4)cc3)CC21. The van der Waals surface area contributed by atoms with Gasteiger partial charge in [0.1, 0.15) is 0 Å². The van der Waals surface area contributed by atoms with Crippen LogP contribution in [0.25, 0.3) is 11.4 Å². The van der Waals surface area contributed by atoms with Crippen LogP contribution in [0.2, 0.25) is 0 Å². The average molecular weight is 299 g/mol. The molecule has 0 radical (unpaired) electrons. The molecule has 1 aliphatic heterocycles. The minimum absolute atomic E-state index is 0.0724. The lowest BCUT2D eigenvalue weighted by molar-refractivity contribution is 0.0758. The normalized spacial score (nSPS) is 25.1. The summed E-state index contributed by atoms with van der Waals surface area (Å²) in [6.45, 7) is 6.26. The number of carbonyl (C=O) groups is 1. The molecule has 1 amide bonds. The number of fused-ring (bicyclic) bond motifs is 1. The minimum Gasteiger partial charge on any atom is -0.338 e. The second-order valence-electron chi connectivity index (χ2n) is 6.77. The summed E-state index contributed by atoms with van der Waals surface area (Å²) in [7, 11) is 0. The Kier molecular flexibility index (Phi) is 2.61. The molecule has 1 aliphatic carbocycles. The highest BCUT2D eigenvalue weighted by atomic mass is 16.5. The Morgan fingerprint density at radius 1 is 1.27 bits per heavy atom. The molecule has 2 atom stereocenters. The van der Waals surface area contributed by atoms with E-state index in [1.807, 2.05) is 4.90 Å². The van der Waals surface area contributed by atoms with Gasteiger partial charge in [-0.1, -0.05) is 31.1 Å². The van der Waals surface area contributed by atoms with Gasteiger partial charge in [0.15, 0.2) is 5.82 Å². The van der Waals surface area contributed by atoms with Gasteiger partial charge < -0.3 is 4.90 Å². The fourth-order valence-corrected chi connectivity index (χ4v) is 3.61. The maximum Gasteiger partial charge on any atom is 0.439 e. The first-order chi connectivity index (χ1) is 10.5. The highest BCUT2D eigenvalue weighted by Gasteiger charge is 2.62. The largest absolute Gasteiger partial charge is 0.439 e. The van der Waals surface area contributed by atoms with Gasteiger partial charge in [0.05, 0.1) is 0 Å². The van der Waals surface area contributed by atoms with Gasteiger partial charge in [-0.05, 0) is 29.4 Å². The fraction of sp³-hybridized carbons (Fsp3) is 0.438. The first-order valence-electron chi connectivity index (χ1n) is 7.42. The Morgan fingerprint density at radius 2 is 1.91 bits per heavy atom. The Bertz CT molecular complexity index is 773. The molecule has 6 nitrogen and oxygen atoms in total. The van der Waals surface area contributed by atoms with E-state index in [4.69, 9.17) is 0 Å².